The van der Waals surface area contributed by atoms with Crippen LogP contribution in [0.25, 0.3) is 0 Å². The number of nitrogens with zero attached hydrogens (tertiary/aromatic N) is 2. The van der Waals surface area contributed by atoms with Crippen molar-refractivity contribution in [2.75, 3.05) is 21.1 Å². The molecule has 1 unspecified atom stereocenters. The summed E-state index contributed by atoms with van der Waals surface area (Å²) in [5, 5.41) is 0. The van der Waals surface area contributed by atoms with Crippen molar-refractivity contribution >= 4 is 5.91 Å². The molecule has 4 saturated carbocycles. The summed E-state index contributed by atoms with van der Waals surface area (Å²) < 4.78 is 0. The van der Waals surface area contributed by atoms with E-state index in [1.165, 1.54) is 57.8 Å². The number of fused-ring (bicyclic) bond motifs is 5. The maximum absolute atomic E-state index is 11.9. The molecule has 4 aliphatic carbocycles. The first-order chi connectivity index (χ1) is 13.6. The highest BCUT2D eigenvalue weighted by Crippen LogP contribution is 2.68. The Morgan fingerprint density at radius 2 is 1.55 bits per heavy atom. The molecule has 0 bridgehead atoms. The topological polar surface area (TPSA) is 23.6 Å². The maximum Gasteiger partial charge on any atom is 0.219 e. The van der Waals surface area contributed by atoms with Crippen LogP contribution in [-0.2, 0) is 4.79 Å². The quantitative estimate of drug-likeness (QED) is 0.627. The minimum absolute atomic E-state index is 0.243. The number of hydrogen-bond donors (Lipinski definition) is 0. The molecular formula is C26H46N2O. The van der Waals surface area contributed by atoms with Gasteiger partial charge in [0.15, 0.2) is 0 Å². The molecule has 4 aliphatic rings. The number of hydrogen-bond acceptors (Lipinski definition) is 2. The van der Waals surface area contributed by atoms with E-state index in [0.717, 1.165) is 29.6 Å². The van der Waals surface area contributed by atoms with Gasteiger partial charge in [0.05, 0.1) is 0 Å². The molecule has 9 atom stereocenters. The molecule has 0 N–H and O–H groups in total. The summed E-state index contributed by atoms with van der Waals surface area (Å²) in [5.74, 6) is 4.77. The van der Waals surface area contributed by atoms with Crippen LogP contribution in [0.4, 0.5) is 0 Å². The number of carbonyl (C=O) groups excluding carboxylic acids is 1. The Morgan fingerprint density at radius 1 is 0.897 bits per heavy atom. The summed E-state index contributed by atoms with van der Waals surface area (Å²) in [6, 6.07) is 1.18. The van der Waals surface area contributed by atoms with Gasteiger partial charge in [-0.1, -0.05) is 13.8 Å². The maximum atomic E-state index is 11.9. The summed E-state index contributed by atoms with van der Waals surface area (Å²) in [6.45, 7) is 9.52. The molecule has 166 valence electrons. The van der Waals surface area contributed by atoms with E-state index in [4.69, 9.17) is 0 Å². The van der Waals surface area contributed by atoms with Crippen LogP contribution in [0.15, 0.2) is 0 Å². The van der Waals surface area contributed by atoms with Crippen molar-refractivity contribution in [1.29, 1.82) is 0 Å². The monoisotopic (exact) mass is 402 g/mol. The highest BCUT2D eigenvalue weighted by Gasteiger charge is 2.60. The lowest BCUT2D eigenvalue weighted by molar-refractivity contribution is -0.139. The molecule has 0 saturated heterocycles. The Morgan fingerprint density at radius 3 is 2.21 bits per heavy atom. The number of amides is 1. The van der Waals surface area contributed by atoms with Crippen molar-refractivity contribution in [3.63, 3.8) is 0 Å². The largest absolute Gasteiger partial charge is 0.343 e. The van der Waals surface area contributed by atoms with E-state index >= 15 is 0 Å². The normalized spacial score (nSPS) is 47.9. The molecule has 1 amide bonds. The molecule has 3 heteroatoms. The zero-order valence-corrected chi connectivity index (χ0v) is 20.2. The van der Waals surface area contributed by atoms with E-state index in [2.05, 4.69) is 39.8 Å². The fourth-order valence-electron chi connectivity index (χ4n) is 9.04. The summed E-state index contributed by atoms with van der Waals surface area (Å²) in [5.41, 5.74) is 1.07. The second kappa shape index (κ2) is 7.53. The molecule has 0 spiro atoms. The summed E-state index contributed by atoms with van der Waals surface area (Å²) in [6.07, 6.45) is 12.5. The predicted octanol–water partition coefficient (Wildman–Crippen LogP) is 5.44. The minimum Gasteiger partial charge on any atom is -0.343 e. The Labute approximate surface area is 180 Å². The van der Waals surface area contributed by atoms with Crippen molar-refractivity contribution in [1.82, 2.24) is 9.80 Å². The standard InChI is InChI=1S/C26H46N2O/c1-17(27(5)6)22-10-11-23-21-9-8-19-16-20(28(7)18(2)29)12-14-25(19,3)24(21)13-15-26(22,23)4/h17,19-24H,8-16H2,1-7H3/t17?,19-,20-,21-,22+,23-,24-,25-,26+/m0/s1. The van der Waals surface area contributed by atoms with E-state index in [-0.39, 0.29) is 5.91 Å². The van der Waals surface area contributed by atoms with Crippen LogP contribution in [0.3, 0.4) is 0 Å². The molecule has 29 heavy (non-hydrogen) atoms. The van der Waals surface area contributed by atoms with Gasteiger partial charge >= 0.3 is 0 Å². The van der Waals surface area contributed by atoms with Gasteiger partial charge in [0.2, 0.25) is 5.91 Å². The average Bonchev–Trinajstić information content (AvgIpc) is 3.03. The lowest BCUT2D eigenvalue weighted by Gasteiger charge is -2.62. The van der Waals surface area contributed by atoms with Crippen molar-refractivity contribution in [3.8, 4) is 0 Å². The molecular weight excluding hydrogens is 356 g/mol. The highest BCUT2D eigenvalue weighted by molar-refractivity contribution is 5.73. The summed E-state index contributed by atoms with van der Waals surface area (Å²) in [7, 11) is 6.57. The van der Waals surface area contributed by atoms with Crippen LogP contribution >= 0.6 is 0 Å². The summed E-state index contributed by atoms with van der Waals surface area (Å²) >= 11 is 0. The van der Waals surface area contributed by atoms with Crippen molar-refractivity contribution < 1.29 is 4.79 Å². The van der Waals surface area contributed by atoms with Gasteiger partial charge in [0.25, 0.3) is 0 Å². The van der Waals surface area contributed by atoms with Gasteiger partial charge in [-0.25, -0.2) is 0 Å². The van der Waals surface area contributed by atoms with E-state index in [0.29, 0.717) is 22.9 Å². The van der Waals surface area contributed by atoms with Gasteiger partial charge in [-0.3, -0.25) is 4.79 Å². The fraction of sp³-hybridized carbons (Fsp3) is 0.962. The van der Waals surface area contributed by atoms with Crippen LogP contribution in [0.5, 0.6) is 0 Å². The Hall–Kier alpha value is -0.570. The average molecular weight is 403 g/mol. The zero-order chi connectivity index (χ0) is 21.1. The minimum atomic E-state index is 0.243. The Bertz CT molecular complexity index is 632. The van der Waals surface area contributed by atoms with Crippen molar-refractivity contribution in [2.45, 2.75) is 97.6 Å². The molecule has 0 aromatic heterocycles. The van der Waals surface area contributed by atoms with Gasteiger partial charge in [-0.05, 0) is 119 Å². The van der Waals surface area contributed by atoms with Crippen molar-refractivity contribution in [2.24, 2.45) is 40.4 Å². The lowest BCUT2D eigenvalue weighted by Crippen LogP contribution is -2.56. The summed E-state index contributed by atoms with van der Waals surface area (Å²) in [4.78, 5) is 16.4. The van der Waals surface area contributed by atoms with E-state index in [1.54, 1.807) is 6.92 Å². The first-order valence-electron chi connectivity index (χ1n) is 12.5. The third-order valence-electron chi connectivity index (χ3n) is 11.2. The number of rotatable bonds is 3. The Kier molecular flexibility index (Phi) is 5.63. The molecule has 4 rings (SSSR count). The first-order valence-corrected chi connectivity index (χ1v) is 12.5. The van der Waals surface area contributed by atoms with E-state index in [9.17, 15) is 4.79 Å². The third-order valence-corrected chi connectivity index (χ3v) is 11.2. The van der Waals surface area contributed by atoms with E-state index in [1.807, 2.05) is 11.9 Å². The molecule has 0 aromatic carbocycles. The van der Waals surface area contributed by atoms with Gasteiger partial charge in [-0.15, -0.1) is 0 Å². The fourth-order valence-corrected chi connectivity index (χ4v) is 9.04. The van der Waals surface area contributed by atoms with Gasteiger partial charge in [-0.2, -0.15) is 0 Å². The van der Waals surface area contributed by atoms with Crippen LogP contribution in [-0.4, -0.2) is 48.9 Å². The molecule has 0 heterocycles. The highest BCUT2D eigenvalue weighted by atomic mass is 16.2. The van der Waals surface area contributed by atoms with Crippen LogP contribution in [0.1, 0.15) is 85.5 Å². The SMILES string of the molecule is CC(=O)N(C)[C@H]1CC[C@@]2(C)[C@@H](CC[C@@H]3[C@@H]2CC[C@]2(C)[C@@H](C(C)N(C)C)CC[C@@H]32)C1. The zero-order valence-electron chi connectivity index (χ0n) is 20.2. The van der Waals surface area contributed by atoms with Gasteiger partial charge in [0.1, 0.15) is 0 Å². The third kappa shape index (κ3) is 3.29. The van der Waals surface area contributed by atoms with Gasteiger partial charge in [0, 0.05) is 26.1 Å². The van der Waals surface area contributed by atoms with Crippen LogP contribution < -0.4 is 0 Å². The number of carbonyl (C=O) groups is 1. The van der Waals surface area contributed by atoms with Crippen LogP contribution in [0, 0.1) is 40.4 Å². The smallest absolute Gasteiger partial charge is 0.219 e. The molecule has 0 radical (unpaired) electrons. The second-order valence-electron chi connectivity index (χ2n) is 12.1. The first kappa shape index (κ1) is 21.7. The Balaban J connectivity index is 1.52. The molecule has 0 aromatic rings. The lowest BCUT2D eigenvalue weighted by atomic mass is 9.44. The molecule has 3 nitrogen and oxygen atoms in total. The molecule has 4 fully saturated rings. The predicted molar refractivity (Wildman–Crippen MR) is 121 cm³/mol. The second-order valence-corrected chi connectivity index (χ2v) is 12.1. The van der Waals surface area contributed by atoms with Crippen molar-refractivity contribution in [3.05, 3.63) is 0 Å². The van der Waals surface area contributed by atoms with E-state index < -0.39 is 0 Å². The van der Waals surface area contributed by atoms with Crippen LogP contribution in [0.2, 0.25) is 0 Å². The molecule has 0 aliphatic heterocycles. The van der Waals surface area contributed by atoms with Gasteiger partial charge < -0.3 is 9.80 Å².